The molecule has 2 unspecified atom stereocenters. The zero-order valence-electron chi connectivity index (χ0n) is 13.9. The van der Waals surface area contributed by atoms with E-state index in [4.69, 9.17) is 23.7 Å². The van der Waals surface area contributed by atoms with Crippen LogP contribution in [-0.4, -0.2) is 54.7 Å². The molecule has 1 aromatic carbocycles. The van der Waals surface area contributed by atoms with Crippen molar-refractivity contribution in [3.05, 3.63) is 35.9 Å². The van der Waals surface area contributed by atoms with E-state index in [1.54, 1.807) is 13.8 Å². The zero-order valence-corrected chi connectivity index (χ0v) is 13.9. The Bertz CT molecular complexity index is 574. The Balaban J connectivity index is 1.78. The minimum absolute atomic E-state index is 0.267. The van der Waals surface area contributed by atoms with Crippen molar-refractivity contribution < 1.29 is 33.6 Å². The van der Waals surface area contributed by atoms with E-state index in [0.29, 0.717) is 0 Å². The molecule has 1 N–H and O–H groups in total. The summed E-state index contributed by atoms with van der Waals surface area (Å²) < 4.78 is 27.6. The van der Waals surface area contributed by atoms with Crippen molar-refractivity contribution in [2.45, 2.75) is 56.9 Å². The number of carbonyl (C=O) groups is 1. The molecule has 2 aliphatic rings. The third-order valence-electron chi connectivity index (χ3n) is 4.06. The first-order valence-electron chi connectivity index (χ1n) is 7.84. The predicted octanol–water partition coefficient (Wildman–Crippen LogP) is 0.982. The molecule has 2 fully saturated rings. The number of esters is 1. The Morgan fingerprint density at radius 3 is 2.62 bits per heavy atom. The molecule has 0 bridgehead atoms. The second kappa shape index (κ2) is 6.78. The van der Waals surface area contributed by atoms with Gasteiger partial charge in [0.05, 0.1) is 13.7 Å². The van der Waals surface area contributed by atoms with Gasteiger partial charge in [-0.25, -0.2) is 4.79 Å². The van der Waals surface area contributed by atoms with Gasteiger partial charge in [-0.2, -0.15) is 0 Å². The quantitative estimate of drug-likeness (QED) is 0.819. The number of hydrogen-bond acceptors (Lipinski definition) is 7. The van der Waals surface area contributed by atoms with E-state index >= 15 is 0 Å². The van der Waals surface area contributed by atoms with E-state index in [-0.39, 0.29) is 6.61 Å². The lowest BCUT2D eigenvalue weighted by Crippen LogP contribution is -2.59. The second-order valence-electron chi connectivity index (χ2n) is 6.30. The monoisotopic (exact) mass is 338 g/mol. The third kappa shape index (κ3) is 3.45. The van der Waals surface area contributed by atoms with Gasteiger partial charge < -0.3 is 28.8 Å². The maximum Gasteiger partial charge on any atom is 0.337 e. The summed E-state index contributed by atoms with van der Waals surface area (Å²) in [4.78, 5) is 11.9. The van der Waals surface area contributed by atoms with E-state index in [9.17, 15) is 9.90 Å². The molecule has 0 saturated carbocycles. The Morgan fingerprint density at radius 1 is 1.25 bits per heavy atom. The normalized spacial score (nSPS) is 34.6. The van der Waals surface area contributed by atoms with E-state index < -0.39 is 42.5 Å². The molecular formula is C17H22O7. The van der Waals surface area contributed by atoms with Crippen LogP contribution in [0.25, 0.3) is 0 Å². The number of methoxy groups -OCH3 is 1. The highest BCUT2D eigenvalue weighted by atomic mass is 16.8. The standard InChI is InChI=1S/C17H22O7/c1-17(2)23-14-12(21-9-10-7-5-4-6-8-10)11(18)13(15(19)20-3)22-16(14)24-17/h4-8,11-14,16,18H,9H2,1-3H3/t11-,12+,13?,14?,16-/m1/s1. The summed E-state index contributed by atoms with van der Waals surface area (Å²) in [5.74, 6) is -1.57. The molecule has 2 aliphatic heterocycles. The maximum atomic E-state index is 11.9. The van der Waals surface area contributed by atoms with Gasteiger partial charge >= 0.3 is 5.97 Å². The summed E-state index contributed by atoms with van der Waals surface area (Å²) >= 11 is 0. The van der Waals surface area contributed by atoms with E-state index in [2.05, 4.69) is 0 Å². The second-order valence-corrected chi connectivity index (χ2v) is 6.30. The van der Waals surface area contributed by atoms with Gasteiger partial charge in [0.15, 0.2) is 18.2 Å². The number of rotatable bonds is 4. The first-order chi connectivity index (χ1) is 11.4. The lowest BCUT2D eigenvalue weighted by Gasteiger charge is -2.38. The molecule has 24 heavy (non-hydrogen) atoms. The van der Waals surface area contributed by atoms with Crippen LogP contribution in [0.15, 0.2) is 30.3 Å². The molecule has 3 rings (SSSR count). The molecule has 1 aromatic rings. The summed E-state index contributed by atoms with van der Waals surface area (Å²) in [6.07, 6.45) is -4.64. The predicted molar refractivity (Wildman–Crippen MR) is 81.7 cm³/mol. The highest BCUT2D eigenvalue weighted by Crippen LogP contribution is 2.38. The molecule has 7 nitrogen and oxygen atoms in total. The lowest BCUT2D eigenvalue weighted by atomic mass is 9.98. The Kier molecular flexibility index (Phi) is 4.89. The van der Waals surface area contributed by atoms with Crippen molar-refractivity contribution in [3.63, 3.8) is 0 Å². The van der Waals surface area contributed by atoms with Crippen molar-refractivity contribution in [2.24, 2.45) is 0 Å². The van der Waals surface area contributed by atoms with Crippen LogP contribution in [0.3, 0.4) is 0 Å². The Labute approximate surface area is 140 Å². The van der Waals surface area contributed by atoms with Crippen LogP contribution < -0.4 is 0 Å². The zero-order chi connectivity index (χ0) is 17.3. The van der Waals surface area contributed by atoms with Gasteiger partial charge in [-0.3, -0.25) is 0 Å². The van der Waals surface area contributed by atoms with Gasteiger partial charge in [0.2, 0.25) is 0 Å². The Hall–Kier alpha value is -1.51. The van der Waals surface area contributed by atoms with Gasteiger partial charge in [0.1, 0.15) is 18.3 Å². The van der Waals surface area contributed by atoms with Gasteiger partial charge in [-0.1, -0.05) is 30.3 Å². The van der Waals surface area contributed by atoms with Crippen LogP contribution in [0.4, 0.5) is 0 Å². The molecule has 5 atom stereocenters. The summed E-state index contributed by atoms with van der Waals surface area (Å²) in [5, 5.41) is 10.5. The summed E-state index contributed by atoms with van der Waals surface area (Å²) in [5.41, 5.74) is 0.945. The molecule has 0 spiro atoms. The van der Waals surface area contributed by atoms with Crippen LogP contribution in [0, 0.1) is 0 Å². The van der Waals surface area contributed by atoms with Gasteiger partial charge in [0, 0.05) is 0 Å². The number of aliphatic hydroxyl groups excluding tert-OH is 1. The van der Waals surface area contributed by atoms with E-state index in [0.717, 1.165) is 5.56 Å². The van der Waals surface area contributed by atoms with Crippen molar-refractivity contribution in [1.82, 2.24) is 0 Å². The van der Waals surface area contributed by atoms with Crippen molar-refractivity contribution >= 4 is 5.97 Å². The average Bonchev–Trinajstić information content (AvgIpc) is 2.87. The molecule has 2 saturated heterocycles. The fourth-order valence-corrected chi connectivity index (χ4v) is 2.95. The number of benzene rings is 1. The smallest absolute Gasteiger partial charge is 0.337 e. The molecule has 0 radical (unpaired) electrons. The summed E-state index contributed by atoms with van der Waals surface area (Å²) in [6, 6.07) is 9.54. The molecule has 132 valence electrons. The molecule has 2 heterocycles. The van der Waals surface area contributed by atoms with E-state index in [1.165, 1.54) is 7.11 Å². The van der Waals surface area contributed by atoms with Gasteiger partial charge in [-0.05, 0) is 19.4 Å². The van der Waals surface area contributed by atoms with Crippen LogP contribution in [-0.2, 0) is 35.1 Å². The fraction of sp³-hybridized carbons (Fsp3) is 0.588. The highest BCUT2D eigenvalue weighted by molar-refractivity contribution is 5.75. The van der Waals surface area contributed by atoms with Crippen LogP contribution >= 0.6 is 0 Å². The largest absolute Gasteiger partial charge is 0.467 e. The fourth-order valence-electron chi connectivity index (χ4n) is 2.95. The minimum Gasteiger partial charge on any atom is -0.467 e. The van der Waals surface area contributed by atoms with Crippen LogP contribution in [0.1, 0.15) is 19.4 Å². The Morgan fingerprint density at radius 2 is 1.96 bits per heavy atom. The van der Waals surface area contributed by atoms with Gasteiger partial charge in [0.25, 0.3) is 0 Å². The summed E-state index contributed by atoms with van der Waals surface area (Å²) in [6.45, 7) is 3.74. The lowest BCUT2D eigenvalue weighted by molar-refractivity contribution is -0.260. The highest BCUT2D eigenvalue weighted by Gasteiger charge is 2.56. The number of ether oxygens (including phenoxy) is 5. The van der Waals surface area contributed by atoms with Crippen molar-refractivity contribution in [3.8, 4) is 0 Å². The average molecular weight is 338 g/mol. The molecular weight excluding hydrogens is 316 g/mol. The van der Waals surface area contributed by atoms with Gasteiger partial charge in [-0.15, -0.1) is 0 Å². The maximum absolute atomic E-state index is 11.9. The summed E-state index contributed by atoms with van der Waals surface area (Å²) in [7, 11) is 1.24. The van der Waals surface area contributed by atoms with Crippen molar-refractivity contribution in [2.75, 3.05) is 7.11 Å². The number of fused-ring (bicyclic) bond motifs is 1. The van der Waals surface area contributed by atoms with E-state index in [1.807, 2.05) is 30.3 Å². The minimum atomic E-state index is -1.22. The molecule has 0 aliphatic carbocycles. The SMILES string of the molecule is COC(=O)C1O[C@@H]2OC(C)(C)OC2[C@@H](OCc2ccccc2)[C@H]1O. The number of hydrogen-bond donors (Lipinski definition) is 1. The first-order valence-corrected chi connectivity index (χ1v) is 7.84. The first kappa shape index (κ1) is 17.3. The number of aliphatic hydroxyl groups is 1. The molecule has 0 aromatic heterocycles. The molecule has 7 heteroatoms. The number of carbonyl (C=O) groups excluding carboxylic acids is 1. The topological polar surface area (TPSA) is 83.5 Å². The third-order valence-corrected chi connectivity index (χ3v) is 4.06. The molecule has 0 amide bonds. The van der Waals surface area contributed by atoms with Crippen LogP contribution in [0.2, 0.25) is 0 Å². The van der Waals surface area contributed by atoms with Crippen LogP contribution in [0.5, 0.6) is 0 Å². The van der Waals surface area contributed by atoms with Crippen molar-refractivity contribution in [1.29, 1.82) is 0 Å².